The average Bonchev–Trinajstić information content (AvgIpc) is 3.04. The monoisotopic (exact) mass is 211 g/mol. The van der Waals surface area contributed by atoms with E-state index in [4.69, 9.17) is 5.73 Å². The third-order valence-corrected chi connectivity index (χ3v) is 4.36. The molecule has 0 aromatic rings. The summed E-state index contributed by atoms with van der Waals surface area (Å²) in [5.74, 6) is 0. The maximum absolute atomic E-state index is 6.06. The number of hydrogen-bond donors (Lipinski definition) is 1. The lowest BCUT2D eigenvalue weighted by molar-refractivity contribution is 0.0997. The average molecular weight is 211 g/mol. The quantitative estimate of drug-likeness (QED) is 0.752. The van der Waals surface area contributed by atoms with Gasteiger partial charge in [0.05, 0.1) is 0 Å². The first-order chi connectivity index (χ1) is 7.18. The first kappa shape index (κ1) is 11.4. The number of rotatable bonds is 3. The van der Waals surface area contributed by atoms with Crippen LogP contribution in [-0.4, -0.2) is 55.1 Å². The zero-order valence-corrected chi connectivity index (χ0v) is 10.2. The van der Waals surface area contributed by atoms with Gasteiger partial charge in [-0.2, -0.15) is 0 Å². The highest BCUT2D eigenvalue weighted by molar-refractivity contribution is 4.99. The van der Waals surface area contributed by atoms with Crippen molar-refractivity contribution in [2.75, 3.05) is 33.7 Å². The standard InChI is InChI=1S/C12H25N3/c1-14-8-3-6-12(10-13,7-9-14)15(2)11-4-5-11/h11H,3-10,13H2,1-2H3. The van der Waals surface area contributed by atoms with Gasteiger partial charge in [-0.3, -0.25) is 4.90 Å². The molecule has 1 heterocycles. The first-order valence-electron chi connectivity index (χ1n) is 6.29. The molecule has 1 saturated carbocycles. The van der Waals surface area contributed by atoms with Crippen LogP contribution in [0.5, 0.6) is 0 Å². The Labute approximate surface area is 93.6 Å². The molecule has 0 aromatic carbocycles. The van der Waals surface area contributed by atoms with Crippen LogP contribution in [0.25, 0.3) is 0 Å². The van der Waals surface area contributed by atoms with E-state index in [0.29, 0.717) is 5.54 Å². The molecule has 0 bridgehead atoms. The smallest absolute Gasteiger partial charge is 0.0344 e. The Morgan fingerprint density at radius 1 is 1.33 bits per heavy atom. The van der Waals surface area contributed by atoms with Crippen molar-refractivity contribution in [1.29, 1.82) is 0 Å². The van der Waals surface area contributed by atoms with Crippen molar-refractivity contribution >= 4 is 0 Å². The Morgan fingerprint density at radius 3 is 2.67 bits per heavy atom. The molecule has 0 amide bonds. The second kappa shape index (κ2) is 4.40. The summed E-state index contributed by atoms with van der Waals surface area (Å²) >= 11 is 0. The van der Waals surface area contributed by atoms with Crippen molar-refractivity contribution in [3.05, 3.63) is 0 Å². The third kappa shape index (κ3) is 2.35. The highest BCUT2D eigenvalue weighted by atomic mass is 15.2. The molecule has 1 atom stereocenters. The predicted molar refractivity (Wildman–Crippen MR) is 63.9 cm³/mol. The molecule has 1 unspecified atom stereocenters. The summed E-state index contributed by atoms with van der Waals surface area (Å²) in [5, 5.41) is 0. The van der Waals surface area contributed by atoms with Gasteiger partial charge in [0.1, 0.15) is 0 Å². The van der Waals surface area contributed by atoms with Crippen LogP contribution in [-0.2, 0) is 0 Å². The zero-order chi connectivity index (χ0) is 10.9. The second-order valence-electron chi connectivity index (χ2n) is 5.43. The molecule has 1 saturated heterocycles. The third-order valence-electron chi connectivity index (χ3n) is 4.36. The molecule has 2 fully saturated rings. The fraction of sp³-hybridized carbons (Fsp3) is 1.00. The minimum absolute atomic E-state index is 0.298. The van der Waals surface area contributed by atoms with Crippen LogP contribution in [0.1, 0.15) is 32.1 Å². The van der Waals surface area contributed by atoms with Crippen LogP contribution < -0.4 is 5.73 Å². The van der Waals surface area contributed by atoms with Crippen LogP contribution >= 0.6 is 0 Å². The van der Waals surface area contributed by atoms with E-state index in [1.54, 1.807) is 0 Å². The van der Waals surface area contributed by atoms with Gasteiger partial charge in [-0.05, 0) is 59.3 Å². The Kier molecular flexibility index (Phi) is 3.33. The summed E-state index contributed by atoms with van der Waals surface area (Å²) in [5.41, 5.74) is 6.36. The zero-order valence-electron chi connectivity index (χ0n) is 10.2. The predicted octanol–water partition coefficient (Wildman–Crippen LogP) is 0.894. The van der Waals surface area contributed by atoms with Crippen LogP contribution in [0.3, 0.4) is 0 Å². The van der Waals surface area contributed by atoms with Gasteiger partial charge in [0.2, 0.25) is 0 Å². The molecule has 2 aliphatic rings. The minimum atomic E-state index is 0.298. The Balaban J connectivity index is 2.04. The summed E-state index contributed by atoms with van der Waals surface area (Å²) in [4.78, 5) is 5.03. The first-order valence-corrected chi connectivity index (χ1v) is 6.29. The van der Waals surface area contributed by atoms with E-state index in [0.717, 1.165) is 12.6 Å². The molecular formula is C12H25N3. The lowest BCUT2D eigenvalue weighted by Gasteiger charge is -2.41. The van der Waals surface area contributed by atoms with E-state index in [9.17, 15) is 0 Å². The van der Waals surface area contributed by atoms with E-state index in [-0.39, 0.29) is 0 Å². The van der Waals surface area contributed by atoms with Gasteiger partial charge in [-0.1, -0.05) is 0 Å². The number of hydrogen-bond acceptors (Lipinski definition) is 3. The van der Waals surface area contributed by atoms with E-state index >= 15 is 0 Å². The van der Waals surface area contributed by atoms with E-state index < -0.39 is 0 Å². The molecular weight excluding hydrogens is 186 g/mol. The van der Waals surface area contributed by atoms with Gasteiger partial charge in [0.25, 0.3) is 0 Å². The van der Waals surface area contributed by atoms with Gasteiger partial charge in [0.15, 0.2) is 0 Å². The summed E-state index contributed by atoms with van der Waals surface area (Å²) in [6.45, 7) is 3.27. The van der Waals surface area contributed by atoms with Crippen molar-refractivity contribution in [2.45, 2.75) is 43.7 Å². The fourth-order valence-corrected chi connectivity index (χ4v) is 2.86. The summed E-state index contributed by atoms with van der Waals surface area (Å²) in [7, 11) is 4.51. The van der Waals surface area contributed by atoms with Gasteiger partial charge in [0, 0.05) is 18.1 Å². The van der Waals surface area contributed by atoms with E-state index in [1.165, 1.54) is 45.2 Å². The van der Waals surface area contributed by atoms with Gasteiger partial charge >= 0.3 is 0 Å². The molecule has 1 aliphatic heterocycles. The lowest BCUT2D eigenvalue weighted by atomic mass is 9.88. The topological polar surface area (TPSA) is 32.5 Å². The van der Waals surface area contributed by atoms with Crippen LogP contribution in [0.15, 0.2) is 0 Å². The molecule has 88 valence electrons. The SMILES string of the molecule is CN1CCCC(CN)(N(C)C2CC2)CC1. The Morgan fingerprint density at radius 2 is 2.07 bits per heavy atom. The van der Waals surface area contributed by atoms with E-state index in [1.807, 2.05) is 0 Å². The highest BCUT2D eigenvalue weighted by Gasteiger charge is 2.41. The molecule has 0 radical (unpaired) electrons. The fourth-order valence-electron chi connectivity index (χ4n) is 2.86. The number of nitrogens with two attached hydrogens (primary N) is 1. The van der Waals surface area contributed by atoms with Crippen molar-refractivity contribution < 1.29 is 0 Å². The highest BCUT2D eigenvalue weighted by Crippen LogP contribution is 2.36. The molecule has 1 aliphatic carbocycles. The van der Waals surface area contributed by atoms with Gasteiger partial charge in [-0.25, -0.2) is 0 Å². The Bertz CT molecular complexity index is 215. The molecule has 3 heteroatoms. The van der Waals surface area contributed by atoms with E-state index in [2.05, 4.69) is 23.9 Å². The number of nitrogens with zero attached hydrogens (tertiary/aromatic N) is 2. The molecule has 2 rings (SSSR count). The van der Waals surface area contributed by atoms with Crippen molar-refractivity contribution in [2.24, 2.45) is 5.73 Å². The van der Waals surface area contributed by atoms with Crippen molar-refractivity contribution in [3.63, 3.8) is 0 Å². The molecule has 0 aromatic heterocycles. The molecule has 2 N–H and O–H groups in total. The number of likely N-dealkylation sites (N-methyl/N-ethyl adjacent to an activating group) is 1. The van der Waals surface area contributed by atoms with Gasteiger partial charge < -0.3 is 10.6 Å². The summed E-state index contributed by atoms with van der Waals surface area (Å²) in [6, 6.07) is 0.831. The minimum Gasteiger partial charge on any atom is -0.329 e. The van der Waals surface area contributed by atoms with Crippen LogP contribution in [0, 0.1) is 0 Å². The maximum Gasteiger partial charge on any atom is 0.0344 e. The Hall–Kier alpha value is -0.120. The molecule has 3 nitrogen and oxygen atoms in total. The molecule has 15 heavy (non-hydrogen) atoms. The lowest BCUT2D eigenvalue weighted by Crippen LogP contribution is -2.53. The van der Waals surface area contributed by atoms with Crippen LogP contribution in [0.2, 0.25) is 0 Å². The largest absolute Gasteiger partial charge is 0.329 e. The number of likely N-dealkylation sites (tertiary alicyclic amines) is 1. The molecule has 0 spiro atoms. The van der Waals surface area contributed by atoms with Gasteiger partial charge in [-0.15, -0.1) is 0 Å². The van der Waals surface area contributed by atoms with Crippen molar-refractivity contribution in [3.8, 4) is 0 Å². The summed E-state index contributed by atoms with van der Waals surface area (Å²) < 4.78 is 0. The van der Waals surface area contributed by atoms with Crippen molar-refractivity contribution in [1.82, 2.24) is 9.80 Å². The maximum atomic E-state index is 6.06. The summed E-state index contributed by atoms with van der Waals surface area (Å²) in [6.07, 6.45) is 6.58. The second-order valence-corrected chi connectivity index (χ2v) is 5.43. The normalized spacial score (nSPS) is 34.4. The van der Waals surface area contributed by atoms with Crippen LogP contribution in [0.4, 0.5) is 0 Å².